The topological polar surface area (TPSA) is 53.5 Å². The highest BCUT2D eigenvalue weighted by molar-refractivity contribution is 6.29. The molecule has 0 amide bonds. The second-order valence-corrected chi connectivity index (χ2v) is 17.9. The molecule has 4 aromatic heterocycles. The quantitative estimate of drug-likeness (QED) is 0.162. The van der Waals surface area contributed by atoms with Gasteiger partial charge in [-0.2, -0.15) is 9.97 Å². The van der Waals surface area contributed by atoms with Gasteiger partial charge in [-0.1, -0.05) is 170 Å². The fraction of sp³-hybridized carbons (Fsp3) is 0. The van der Waals surface area contributed by atoms with Gasteiger partial charge in [0.05, 0.1) is 33.1 Å². The Morgan fingerprint density at radius 1 is 0.232 bits per heavy atom. The van der Waals surface area contributed by atoms with E-state index in [4.69, 9.17) is 15.0 Å². The van der Waals surface area contributed by atoms with Crippen molar-refractivity contribution in [3.8, 4) is 40.1 Å². The van der Waals surface area contributed by atoms with Crippen molar-refractivity contribution in [1.29, 1.82) is 0 Å². The summed E-state index contributed by atoms with van der Waals surface area (Å²) in [5.74, 6) is 1.77. The Balaban J connectivity index is 0.987. The first-order valence-corrected chi connectivity index (χ1v) is 23.4. The van der Waals surface area contributed by atoms with E-state index in [1.165, 1.54) is 53.9 Å². The lowest BCUT2D eigenvalue weighted by Crippen LogP contribution is -2.06. The number of hydrogen-bond acceptors (Lipinski definition) is 3. The van der Waals surface area contributed by atoms with Crippen LogP contribution in [0.5, 0.6) is 0 Å². The minimum absolute atomic E-state index is 0.561. The lowest BCUT2D eigenvalue weighted by atomic mass is 9.94. The van der Waals surface area contributed by atoms with Crippen LogP contribution in [0.25, 0.3) is 138 Å². The fourth-order valence-electron chi connectivity index (χ4n) is 11.3. The molecule has 0 saturated heterocycles. The van der Waals surface area contributed by atoms with Crippen molar-refractivity contribution in [2.24, 2.45) is 0 Å². The third kappa shape index (κ3) is 5.51. The summed E-state index contributed by atoms with van der Waals surface area (Å²) in [7, 11) is 0. The summed E-state index contributed by atoms with van der Waals surface area (Å²) >= 11 is 0. The number of rotatable bonds is 5. The summed E-state index contributed by atoms with van der Waals surface area (Å²) in [6.45, 7) is 0. The van der Waals surface area contributed by atoms with Crippen LogP contribution in [0, 0.1) is 0 Å². The molecule has 6 nitrogen and oxygen atoms in total. The highest BCUT2D eigenvalue weighted by Gasteiger charge is 2.24. The van der Waals surface area contributed by atoms with Crippen LogP contribution in [0.1, 0.15) is 0 Å². The van der Waals surface area contributed by atoms with Crippen molar-refractivity contribution >= 4 is 97.7 Å². The van der Waals surface area contributed by atoms with E-state index in [9.17, 15) is 0 Å². The van der Waals surface area contributed by atoms with E-state index in [0.717, 1.165) is 66.4 Å². The summed E-state index contributed by atoms with van der Waals surface area (Å²) in [6.07, 6.45) is 0. The molecule has 320 valence electrons. The number of para-hydroxylation sites is 4. The zero-order valence-corrected chi connectivity index (χ0v) is 37.1. The summed E-state index contributed by atoms with van der Waals surface area (Å²) in [5.41, 5.74) is 10.6. The van der Waals surface area contributed by atoms with Gasteiger partial charge in [-0.05, 0) is 93.0 Å². The minimum Gasteiger partial charge on any atom is -0.309 e. The Morgan fingerprint density at radius 3 is 1.30 bits per heavy atom. The maximum Gasteiger partial charge on any atom is 0.238 e. The third-order valence-electron chi connectivity index (χ3n) is 14.3. The molecule has 69 heavy (non-hydrogen) atoms. The van der Waals surface area contributed by atoms with Crippen molar-refractivity contribution in [3.05, 3.63) is 231 Å². The Kier molecular flexibility index (Phi) is 7.97. The molecule has 0 aliphatic rings. The zero-order valence-electron chi connectivity index (χ0n) is 37.1. The van der Waals surface area contributed by atoms with E-state index in [1.807, 2.05) is 18.2 Å². The molecular formula is C63H38N6. The number of fused-ring (bicyclic) bond motifs is 16. The van der Waals surface area contributed by atoms with E-state index in [1.54, 1.807) is 0 Å². The normalized spacial score (nSPS) is 12.1. The van der Waals surface area contributed by atoms with Gasteiger partial charge in [0.1, 0.15) is 0 Å². The van der Waals surface area contributed by atoms with Crippen LogP contribution >= 0.6 is 0 Å². The second kappa shape index (κ2) is 14.6. The van der Waals surface area contributed by atoms with E-state index in [2.05, 4.69) is 226 Å². The average Bonchev–Trinajstić information content (AvgIpc) is 4.07. The number of aromatic nitrogens is 6. The molecule has 0 spiro atoms. The number of benzene rings is 11. The first-order chi connectivity index (χ1) is 34.2. The summed E-state index contributed by atoms with van der Waals surface area (Å²) < 4.78 is 7.02. The first kappa shape index (κ1) is 37.8. The number of hydrogen-bond donors (Lipinski definition) is 0. The molecule has 11 aromatic carbocycles. The molecule has 6 heteroatoms. The molecule has 0 fully saturated rings. The lowest BCUT2D eigenvalue weighted by molar-refractivity contribution is 0.953. The SMILES string of the molecule is c1ccc(-c2nc(-c3ccc4c5ccccc5n(-c5ccccc5)c4c3)nc(-n3c4ccccc4c4c5c6ccccc6n(-c6ccc7c8ccccc8c8ccccc8c7c6)c5ccc43)n2)cc1. The summed E-state index contributed by atoms with van der Waals surface area (Å²) in [5, 5.41) is 14.6. The van der Waals surface area contributed by atoms with Crippen LogP contribution in [0.3, 0.4) is 0 Å². The summed E-state index contributed by atoms with van der Waals surface area (Å²) in [6, 6.07) is 82.6. The number of nitrogens with zero attached hydrogens (tertiary/aromatic N) is 6. The summed E-state index contributed by atoms with van der Waals surface area (Å²) in [4.78, 5) is 16.0. The molecule has 0 aliphatic carbocycles. The standard InChI is InChI=1S/C63H38N6/c1-3-17-39(18-4-1)61-64-62(40-31-33-49-48-25-11-14-28-53(48)67(58(49)37-40)41-19-5-2-6-20-41)66-63(65-61)69-55-30-16-13-27-51(55)60-57(69)36-35-56-59(60)50-26-12-15-29-54(50)68(56)42-32-34-47-45-23-8-7-21-43(45)44-22-9-10-24-46(44)52(47)38-42/h1-38H. The fourth-order valence-corrected chi connectivity index (χ4v) is 11.3. The Labute approximate surface area is 395 Å². The van der Waals surface area contributed by atoms with Crippen LogP contribution in [-0.4, -0.2) is 28.7 Å². The molecule has 0 radical (unpaired) electrons. The van der Waals surface area contributed by atoms with Gasteiger partial charge in [0, 0.05) is 54.8 Å². The van der Waals surface area contributed by atoms with Gasteiger partial charge >= 0.3 is 0 Å². The van der Waals surface area contributed by atoms with E-state index < -0.39 is 0 Å². The van der Waals surface area contributed by atoms with E-state index >= 15 is 0 Å². The molecule has 0 atom stereocenters. The Morgan fingerprint density at radius 2 is 0.667 bits per heavy atom. The van der Waals surface area contributed by atoms with Gasteiger partial charge < -0.3 is 9.13 Å². The van der Waals surface area contributed by atoms with E-state index in [0.29, 0.717) is 17.6 Å². The van der Waals surface area contributed by atoms with Gasteiger partial charge in [-0.3, -0.25) is 4.57 Å². The molecule has 0 bridgehead atoms. The highest BCUT2D eigenvalue weighted by Crippen LogP contribution is 2.44. The third-order valence-corrected chi connectivity index (χ3v) is 14.3. The molecule has 4 heterocycles. The van der Waals surface area contributed by atoms with Gasteiger partial charge in [-0.15, -0.1) is 0 Å². The maximum atomic E-state index is 5.43. The average molecular weight is 879 g/mol. The van der Waals surface area contributed by atoms with Crippen LogP contribution in [-0.2, 0) is 0 Å². The molecule has 0 aliphatic heterocycles. The highest BCUT2D eigenvalue weighted by atomic mass is 15.2. The van der Waals surface area contributed by atoms with Crippen LogP contribution in [0.15, 0.2) is 231 Å². The van der Waals surface area contributed by atoms with Crippen molar-refractivity contribution in [2.45, 2.75) is 0 Å². The Hall–Kier alpha value is -9.39. The molecule has 15 rings (SSSR count). The van der Waals surface area contributed by atoms with Crippen molar-refractivity contribution in [2.75, 3.05) is 0 Å². The maximum absolute atomic E-state index is 5.43. The van der Waals surface area contributed by atoms with Crippen molar-refractivity contribution in [1.82, 2.24) is 28.7 Å². The molecule has 0 N–H and O–H groups in total. The molecule has 0 unspecified atom stereocenters. The molecule has 15 aromatic rings. The smallest absolute Gasteiger partial charge is 0.238 e. The van der Waals surface area contributed by atoms with Gasteiger partial charge in [-0.25, -0.2) is 4.98 Å². The predicted molar refractivity (Wildman–Crippen MR) is 286 cm³/mol. The largest absolute Gasteiger partial charge is 0.309 e. The van der Waals surface area contributed by atoms with Crippen LogP contribution in [0.4, 0.5) is 0 Å². The van der Waals surface area contributed by atoms with Crippen molar-refractivity contribution < 1.29 is 0 Å². The lowest BCUT2D eigenvalue weighted by Gasteiger charge is -2.14. The van der Waals surface area contributed by atoms with Gasteiger partial charge in [0.2, 0.25) is 5.95 Å². The van der Waals surface area contributed by atoms with E-state index in [-0.39, 0.29) is 0 Å². The van der Waals surface area contributed by atoms with Crippen LogP contribution in [0.2, 0.25) is 0 Å². The minimum atomic E-state index is 0.561. The Bertz CT molecular complexity index is 4560. The van der Waals surface area contributed by atoms with Gasteiger partial charge in [0.25, 0.3) is 0 Å². The zero-order chi connectivity index (χ0) is 45.2. The molecule has 0 saturated carbocycles. The monoisotopic (exact) mass is 878 g/mol. The molecular weight excluding hydrogens is 841 g/mol. The van der Waals surface area contributed by atoms with Crippen molar-refractivity contribution in [3.63, 3.8) is 0 Å². The predicted octanol–water partition coefficient (Wildman–Crippen LogP) is 16.0. The second-order valence-electron chi connectivity index (χ2n) is 17.9. The van der Waals surface area contributed by atoms with Gasteiger partial charge in [0.15, 0.2) is 11.6 Å². The first-order valence-electron chi connectivity index (χ1n) is 23.4. The van der Waals surface area contributed by atoms with Crippen LogP contribution < -0.4 is 0 Å².